The van der Waals surface area contributed by atoms with Crippen LogP contribution < -0.4 is 16.8 Å². The Morgan fingerprint density at radius 3 is 2.36 bits per heavy atom. The van der Waals surface area contributed by atoms with Crippen LogP contribution in [-0.2, 0) is 4.79 Å². The third-order valence-corrected chi connectivity index (χ3v) is 1.30. The maximum atomic E-state index is 10.5. The fourth-order valence-corrected chi connectivity index (χ4v) is 0.925. The largest absolute Gasteiger partial charge is 0.370 e. The van der Waals surface area contributed by atoms with Gasteiger partial charge in [-0.05, 0) is 0 Å². The van der Waals surface area contributed by atoms with Gasteiger partial charge in [-0.15, -0.1) is 0 Å². The molecule has 0 aromatic carbocycles. The molecule has 1 unspecified atom stereocenters. The third kappa shape index (κ3) is 5.82. The second kappa shape index (κ2) is 5.09. The van der Waals surface area contributed by atoms with Crippen molar-refractivity contribution >= 4 is 5.91 Å². The van der Waals surface area contributed by atoms with Gasteiger partial charge in [-0.2, -0.15) is 0 Å². The van der Waals surface area contributed by atoms with Crippen LogP contribution in [0.25, 0.3) is 0 Å². The second-order valence-electron chi connectivity index (χ2n) is 2.92. The molecule has 5 N–H and O–H groups in total. The van der Waals surface area contributed by atoms with E-state index in [4.69, 9.17) is 11.5 Å². The Hall–Kier alpha value is -0.610. The molecule has 0 saturated carbocycles. The van der Waals surface area contributed by atoms with E-state index in [-0.39, 0.29) is 11.9 Å². The zero-order valence-corrected chi connectivity index (χ0v) is 7.13. The average Bonchev–Trinajstić information content (AvgIpc) is 1.84. The molecule has 0 aromatic rings. The predicted octanol–water partition coefficient (Wildman–Crippen LogP) is -0.813. The smallest absolute Gasteiger partial charge is 0.219 e. The maximum Gasteiger partial charge on any atom is 0.219 e. The minimum atomic E-state index is -0.311. The van der Waals surface area contributed by atoms with E-state index in [2.05, 4.69) is 5.32 Å². The molecule has 0 aliphatic carbocycles. The summed E-state index contributed by atoms with van der Waals surface area (Å²) in [6.45, 7) is 4.45. The van der Waals surface area contributed by atoms with Gasteiger partial charge in [0.1, 0.15) is 0 Å². The number of amides is 1. The highest BCUT2D eigenvalue weighted by Gasteiger charge is 2.09. The molecule has 0 bridgehead atoms. The lowest BCUT2D eigenvalue weighted by Crippen LogP contribution is -2.42. The van der Waals surface area contributed by atoms with Crippen molar-refractivity contribution in [2.45, 2.75) is 32.4 Å². The normalized spacial score (nSPS) is 13.5. The number of nitrogens with one attached hydrogen (secondary N) is 1. The van der Waals surface area contributed by atoms with Gasteiger partial charge in [0.2, 0.25) is 5.91 Å². The monoisotopic (exact) mass is 159 g/mol. The van der Waals surface area contributed by atoms with Crippen LogP contribution in [0.2, 0.25) is 0 Å². The van der Waals surface area contributed by atoms with Gasteiger partial charge in [-0.1, -0.05) is 13.8 Å². The number of primary amides is 1. The average molecular weight is 159 g/mol. The van der Waals surface area contributed by atoms with Crippen LogP contribution in [0, 0.1) is 0 Å². The quantitative estimate of drug-likeness (QED) is 0.490. The maximum absolute atomic E-state index is 10.5. The number of hydrogen-bond donors (Lipinski definition) is 3. The highest BCUT2D eigenvalue weighted by molar-refractivity contribution is 5.74. The zero-order valence-electron chi connectivity index (χ0n) is 7.13. The molecule has 0 fully saturated rings. The number of rotatable bonds is 5. The Labute approximate surface area is 67.3 Å². The summed E-state index contributed by atoms with van der Waals surface area (Å²) in [6.07, 6.45) is 0.314. The fraction of sp³-hybridized carbons (Fsp3) is 0.857. The zero-order chi connectivity index (χ0) is 8.85. The summed E-state index contributed by atoms with van der Waals surface area (Å²) < 4.78 is 0. The minimum absolute atomic E-state index is 0.0208. The number of carbonyl (C=O) groups excluding carboxylic acids is 1. The number of hydrogen-bond acceptors (Lipinski definition) is 3. The molecule has 4 nitrogen and oxygen atoms in total. The summed E-state index contributed by atoms with van der Waals surface area (Å²) in [6, 6.07) is 0.357. The molecule has 0 spiro atoms. The minimum Gasteiger partial charge on any atom is -0.370 e. The third-order valence-electron chi connectivity index (χ3n) is 1.30. The van der Waals surface area contributed by atoms with Crippen molar-refractivity contribution in [1.29, 1.82) is 0 Å². The molecule has 11 heavy (non-hydrogen) atoms. The van der Waals surface area contributed by atoms with Gasteiger partial charge in [0.05, 0.1) is 0 Å². The molecular weight excluding hydrogens is 142 g/mol. The standard InChI is InChI=1S/C7H17N3O/c1-5(2)10-6(4-8)3-7(9)11/h5-6,10H,3-4,8H2,1-2H3,(H2,9,11). The van der Waals surface area contributed by atoms with Gasteiger partial charge < -0.3 is 16.8 Å². The summed E-state index contributed by atoms with van der Waals surface area (Å²) >= 11 is 0. The molecule has 4 heteroatoms. The van der Waals surface area contributed by atoms with Crippen LogP contribution in [0.15, 0.2) is 0 Å². The molecule has 0 rings (SSSR count). The Morgan fingerprint density at radius 2 is 2.09 bits per heavy atom. The van der Waals surface area contributed by atoms with Crippen LogP contribution in [0.5, 0.6) is 0 Å². The van der Waals surface area contributed by atoms with E-state index in [9.17, 15) is 4.79 Å². The molecule has 0 radical (unpaired) electrons. The first kappa shape index (κ1) is 10.4. The Bertz CT molecular complexity index is 125. The molecule has 0 heterocycles. The lowest BCUT2D eigenvalue weighted by molar-refractivity contribution is -0.118. The van der Waals surface area contributed by atoms with Crippen LogP contribution in [-0.4, -0.2) is 24.5 Å². The first-order valence-electron chi connectivity index (χ1n) is 3.80. The summed E-state index contributed by atoms with van der Waals surface area (Å²) in [5.41, 5.74) is 10.4. The van der Waals surface area contributed by atoms with Gasteiger partial charge in [0, 0.05) is 25.0 Å². The molecule has 0 saturated heterocycles. The van der Waals surface area contributed by atoms with E-state index in [1.807, 2.05) is 13.8 Å². The summed E-state index contributed by atoms with van der Waals surface area (Å²) in [5.74, 6) is -0.311. The van der Waals surface area contributed by atoms with Crippen molar-refractivity contribution < 1.29 is 4.79 Å². The summed E-state index contributed by atoms with van der Waals surface area (Å²) in [7, 11) is 0. The first-order chi connectivity index (χ1) is 5.06. The molecule has 1 amide bonds. The van der Waals surface area contributed by atoms with Crippen molar-refractivity contribution in [3.63, 3.8) is 0 Å². The van der Waals surface area contributed by atoms with E-state index in [0.717, 1.165) is 0 Å². The van der Waals surface area contributed by atoms with Crippen molar-refractivity contribution in [1.82, 2.24) is 5.32 Å². The van der Waals surface area contributed by atoms with Crippen LogP contribution in [0.1, 0.15) is 20.3 Å². The molecule has 0 aliphatic heterocycles. The highest BCUT2D eigenvalue weighted by Crippen LogP contribution is 1.90. The topological polar surface area (TPSA) is 81.1 Å². The van der Waals surface area contributed by atoms with Gasteiger partial charge in [-0.3, -0.25) is 4.79 Å². The Balaban J connectivity index is 3.66. The summed E-state index contributed by atoms with van der Waals surface area (Å²) in [4.78, 5) is 10.5. The van der Waals surface area contributed by atoms with Crippen molar-refractivity contribution in [3.8, 4) is 0 Å². The van der Waals surface area contributed by atoms with Gasteiger partial charge in [0.15, 0.2) is 0 Å². The van der Waals surface area contributed by atoms with Crippen molar-refractivity contribution in [2.24, 2.45) is 11.5 Å². The van der Waals surface area contributed by atoms with E-state index in [1.165, 1.54) is 0 Å². The van der Waals surface area contributed by atoms with Gasteiger partial charge in [0.25, 0.3) is 0 Å². The molecular formula is C7H17N3O. The highest BCUT2D eigenvalue weighted by atomic mass is 16.1. The van der Waals surface area contributed by atoms with Gasteiger partial charge in [-0.25, -0.2) is 0 Å². The van der Waals surface area contributed by atoms with Crippen molar-refractivity contribution in [2.75, 3.05) is 6.54 Å². The van der Waals surface area contributed by atoms with Crippen LogP contribution in [0.3, 0.4) is 0 Å². The van der Waals surface area contributed by atoms with E-state index >= 15 is 0 Å². The molecule has 1 atom stereocenters. The van der Waals surface area contributed by atoms with E-state index in [0.29, 0.717) is 19.0 Å². The first-order valence-corrected chi connectivity index (χ1v) is 3.80. The Kier molecular flexibility index (Phi) is 4.81. The molecule has 0 aromatic heterocycles. The summed E-state index contributed by atoms with van der Waals surface area (Å²) in [5, 5.41) is 3.14. The number of carbonyl (C=O) groups is 1. The van der Waals surface area contributed by atoms with Crippen LogP contribution >= 0.6 is 0 Å². The number of nitrogens with two attached hydrogens (primary N) is 2. The lowest BCUT2D eigenvalue weighted by atomic mass is 10.2. The van der Waals surface area contributed by atoms with E-state index < -0.39 is 0 Å². The SMILES string of the molecule is CC(C)NC(CN)CC(N)=O. The van der Waals surface area contributed by atoms with E-state index in [1.54, 1.807) is 0 Å². The van der Waals surface area contributed by atoms with Gasteiger partial charge >= 0.3 is 0 Å². The predicted molar refractivity (Wildman–Crippen MR) is 44.9 cm³/mol. The fourth-order valence-electron chi connectivity index (χ4n) is 0.925. The molecule has 0 aliphatic rings. The van der Waals surface area contributed by atoms with Crippen molar-refractivity contribution in [3.05, 3.63) is 0 Å². The second-order valence-corrected chi connectivity index (χ2v) is 2.92. The van der Waals surface area contributed by atoms with Crippen LogP contribution in [0.4, 0.5) is 0 Å². The Morgan fingerprint density at radius 1 is 1.55 bits per heavy atom. The lowest BCUT2D eigenvalue weighted by Gasteiger charge is -2.17. The molecule has 66 valence electrons.